The van der Waals surface area contributed by atoms with Crippen LogP contribution in [0.1, 0.15) is 15.9 Å². The van der Waals surface area contributed by atoms with Crippen LogP contribution in [0.5, 0.6) is 0 Å². The minimum atomic E-state index is -0.685. The zero-order valence-corrected chi connectivity index (χ0v) is 10.5. The lowest BCUT2D eigenvalue weighted by atomic mass is 10.1. The number of ether oxygens (including phenoxy) is 1. The van der Waals surface area contributed by atoms with E-state index in [0.717, 1.165) is 5.56 Å². The molecule has 1 atom stereocenters. The van der Waals surface area contributed by atoms with E-state index in [1.807, 2.05) is 36.4 Å². The van der Waals surface area contributed by atoms with Gasteiger partial charge < -0.3 is 9.84 Å². The Morgan fingerprint density at radius 1 is 1.00 bits per heavy atom. The summed E-state index contributed by atoms with van der Waals surface area (Å²) in [5.41, 5.74) is 1.51. The largest absolute Gasteiger partial charge is 0.459 e. The van der Waals surface area contributed by atoms with Gasteiger partial charge >= 0.3 is 5.97 Å². The Hall–Kier alpha value is -2.13. The highest BCUT2D eigenvalue weighted by molar-refractivity contribution is 5.89. The van der Waals surface area contributed by atoms with Crippen LogP contribution < -0.4 is 0 Å². The molecule has 3 heteroatoms. The van der Waals surface area contributed by atoms with Crippen molar-refractivity contribution in [2.75, 3.05) is 6.61 Å². The molecule has 0 saturated carbocycles. The van der Waals surface area contributed by atoms with Crippen LogP contribution >= 0.6 is 0 Å². The van der Waals surface area contributed by atoms with E-state index < -0.39 is 12.1 Å². The highest BCUT2D eigenvalue weighted by Crippen LogP contribution is 2.05. The van der Waals surface area contributed by atoms with Gasteiger partial charge in [0.15, 0.2) is 0 Å². The molecule has 0 heterocycles. The van der Waals surface area contributed by atoms with E-state index in [4.69, 9.17) is 4.74 Å². The molecular weight excluding hydrogens is 240 g/mol. The highest BCUT2D eigenvalue weighted by Gasteiger charge is 2.11. The van der Waals surface area contributed by atoms with Crippen LogP contribution in [0.4, 0.5) is 0 Å². The maximum atomic E-state index is 11.7. The number of rotatable bonds is 5. The molecule has 0 fully saturated rings. The lowest BCUT2D eigenvalue weighted by molar-refractivity contribution is 0.0259. The molecule has 2 aromatic carbocycles. The average Bonchev–Trinajstić information content (AvgIpc) is 2.47. The summed E-state index contributed by atoms with van der Waals surface area (Å²) in [5, 5.41) is 9.82. The molecule has 0 saturated heterocycles. The van der Waals surface area contributed by atoms with Crippen LogP contribution in [-0.4, -0.2) is 23.8 Å². The van der Waals surface area contributed by atoms with Crippen molar-refractivity contribution in [3.8, 4) is 0 Å². The summed E-state index contributed by atoms with van der Waals surface area (Å²) in [4.78, 5) is 11.7. The first kappa shape index (κ1) is 13.3. The van der Waals surface area contributed by atoms with E-state index in [1.165, 1.54) is 0 Å². The van der Waals surface area contributed by atoms with E-state index in [0.29, 0.717) is 12.0 Å². The van der Waals surface area contributed by atoms with Gasteiger partial charge in [0.1, 0.15) is 6.61 Å². The topological polar surface area (TPSA) is 46.5 Å². The fraction of sp³-hybridized carbons (Fsp3) is 0.188. The van der Waals surface area contributed by atoms with Crippen molar-refractivity contribution in [1.29, 1.82) is 0 Å². The van der Waals surface area contributed by atoms with Gasteiger partial charge in [-0.2, -0.15) is 0 Å². The van der Waals surface area contributed by atoms with Gasteiger partial charge in [-0.1, -0.05) is 48.5 Å². The Morgan fingerprint density at radius 3 is 2.21 bits per heavy atom. The number of hydrogen-bond acceptors (Lipinski definition) is 3. The van der Waals surface area contributed by atoms with Crippen molar-refractivity contribution < 1.29 is 14.6 Å². The molecule has 19 heavy (non-hydrogen) atoms. The molecule has 0 radical (unpaired) electrons. The molecule has 0 aliphatic heterocycles. The molecule has 0 aliphatic carbocycles. The van der Waals surface area contributed by atoms with Crippen LogP contribution in [0.15, 0.2) is 60.7 Å². The molecule has 0 spiro atoms. The van der Waals surface area contributed by atoms with Gasteiger partial charge in [-0.05, 0) is 17.7 Å². The fourth-order valence-electron chi connectivity index (χ4n) is 1.77. The van der Waals surface area contributed by atoms with Gasteiger partial charge in [0.25, 0.3) is 0 Å². The van der Waals surface area contributed by atoms with Gasteiger partial charge in [-0.15, -0.1) is 0 Å². The maximum absolute atomic E-state index is 11.7. The monoisotopic (exact) mass is 256 g/mol. The molecule has 0 aromatic heterocycles. The number of aliphatic hydroxyl groups excluding tert-OH is 1. The van der Waals surface area contributed by atoms with Crippen molar-refractivity contribution in [2.45, 2.75) is 12.5 Å². The van der Waals surface area contributed by atoms with E-state index >= 15 is 0 Å². The minimum Gasteiger partial charge on any atom is -0.459 e. The van der Waals surface area contributed by atoms with Crippen molar-refractivity contribution in [3.05, 3.63) is 71.8 Å². The predicted molar refractivity (Wildman–Crippen MR) is 72.9 cm³/mol. The predicted octanol–water partition coefficient (Wildman–Crippen LogP) is 2.45. The minimum absolute atomic E-state index is 0.00260. The first-order chi connectivity index (χ1) is 9.25. The molecule has 0 unspecified atom stereocenters. The van der Waals surface area contributed by atoms with E-state index in [9.17, 15) is 9.90 Å². The number of carbonyl (C=O) groups excluding carboxylic acids is 1. The van der Waals surface area contributed by atoms with Crippen molar-refractivity contribution in [3.63, 3.8) is 0 Å². The summed E-state index contributed by atoms with van der Waals surface area (Å²) in [6, 6.07) is 18.4. The smallest absolute Gasteiger partial charge is 0.338 e. The first-order valence-corrected chi connectivity index (χ1v) is 6.20. The highest BCUT2D eigenvalue weighted by atomic mass is 16.5. The van der Waals surface area contributed by atoms with Gasteiger partial charge in [0, 0.05) is 6.42 Å². The van der Waals surface area contributed by atoms with Crippen molar-refractivity contribution >= 4 is 5.97 Å². The molecule has 0 amide bonds. The molecule has 0 bridgehead atoms. The second-order valence-electron chi connectivity index (χ2n) is 4.31. The standard InChI is InChI=1S/C16H16O3/c17-15(11-13-7-3-1-4-8-13)12-19-16(18)14-9-5-2-6-10-14/h1-10,15,17H,11-12H2/t15-/m0/s1. The fourth-order valence-corrected chi connectivity index (χ4v) is 1.77. The average molecular weight is 256 g/mol. The van der Waals surface area contributed by atoms with E-state index in [2.05, 4.69) is 0 Å². The summed E-state index contributed by atoms with van der Waals surface area (Å²) in [6.07, 6.45) is -0.210. The summed E-state index contributed by atoms with van der Waals surface area (Å²) < 4.78 is 5.07. The van der Waals surface area contributed by atoms with Crippen LogP contribution in [0.3, 0.4) is 0 Å². The third-order valence-corrected chi connectivity index (χ3v) is 2.73. The summed E-state index contributed by atoms with van der Waals surface area (Å²) >= 11 is 0. The molecular formula is C16H16O3. The van der Waals surface area contributed by atoms with Gasteiger partial charge in [0.05, 0.1) is 11.7 Å². The lowest BCUT2D eigenvalue weighted by Gasteiger charge is -2.11. The molecule has 2 aromatic rings. The first-order valence-electron chi connectivity index (χ1n) is 6.20. The van der Waals surface area contributed by atoms with Crippen LogP contribution in [0, 0.1) is 0 Å². The van der Waals surface area contributed by atoms with Crippen LogP contribution in [0.25, 0.3) is 0 Å². The molecule has 98 valence electrons. The molecule has 1 N–H and O–H groups in total. The normalized spacial score (nSPS) is 11.8. The second kappa shape index (κ2) is 6.71. The third-order valence-electron chi connectivity index (χ3n) is 2.73. The molecule has 3 nitrogen and oxygen atoms in total. The van der Waals surface area contributed by atoms with Crippen LogP contribution in [0.2, 0.25) is 0 Å². The van der Waals surface area contributed by atoms with E-state index in [1.54, 1.807) is 24.3 Å². The molecule has 2 rings (SSSR count). The Labute approximate surface area is 112 Å². The Bertz CT molecular complexity index is 508. The van der Waals surface area contributed by atoms with E-state index in [-0.39, 0.29) is 6.61 Å². The van der Waals surface area contributed by atoms with Gasteiger partial charge in [-0.25, -0.2) is 4.79 Å². The summed E-state index contributed by atoms with van der Waals surface area (Å²) in [7, 11) is 0. The number of aliphatic hydroxyl groups is 1. The van der Waals surface area contributed by atoms with Gasteiger partial charge in [0.2, 0.25) is 0 Å². The number of esters is 1. The van der Waals surface area contributed by atoms with Gasteiger partial charge in [-0.3, -0.25) is 0 Å². The second-order valence-corrected chi connectivity index (χ2v) is 4.31. The number of carbonyl (C=O) groups is 1. The van der Waals surface area contributed by atoms with Crippen molar-refractivity contribution in [2.24, 2.45) is 0 Å². The Balaban J connectivity index is 1.81. The molecule has 0 aliphatic rings. The number of hydrogen-bond donors (Lipinski definition) is 1. The quantitative estimate of drug-likeness (QED) is 0.836. The number of benzene rings is 2. The Morgan fingerprint density at radius 2 is 1.58 bits per heavy atom. The maximum Gasteiger partial charge on any atom is 0.338 e. The summed E-state index contributed by atoms with van der Waals surface area (Å²) in [6.45, 7) is 0.00260. The lowest BCUT2D eigenvalue weighted by Crippen LogP contribution is -2.20. The summed E-state index contributed by atoms with van der Waals surface area (Å²) in [5.74, 6) is -0.410. The van der Waals surface area contributed by atoms with Crippen LogP contribution in [-0.2, 0) is 11.2 Å². The Kier molecular flexibility index (Phi) is 4.70. The SMILES string of the molecule is O=C(OC[C@@H](O)Cc1ccccc1)c1ccccc1. The van der Waals surface area contributed by atoms with Crippen molar-refractivity contribution in [1.82, 2.24) is 0 Å². The third kappa shape index (κ3) is 4.23. The zero-order chi connectivity index (χ0) is 13.5. The zero-order valence-electron chi connectivity index (χ0n) is 10.5.